The summed E-state index contributed by atoms with van der Waals surface area (Å²) in [6.45, 7) is 6.95. The second-order valence-corrected chi connectivity index (χ2v) is 3.80. The summed E-state index contributed by atoms with van der Waals surface area (Å²) in [5.74, 6) is -0.177. The zero-order valence-corrected chi connectivity index (χ0v) is 9.84. The van der Waals surface area contributed by atoms with E-state index in [0.717, 1.165) is 31.4 Å². The highest BCUT2D eigenvalue weighted by molar-refractivity contribution is 5.88. The molecule has 3 nitrogen and oxygen atoms in total. The van der Waals surface area contributed by atoms with Crippen LogP contribution in [0.25, 0.3) is 0 Å². The van der Waals surface area contributed by atoms with Gasteiger partial charge in [-0.3, -0.25) is 0 Å². The first-order chi connectivity index (χ1) is 7.19. The van der Waals surface area contributed by atoms with E-state index in [-0.39, 0.29) is 12.1 Å². The lowest BCUT2D eigenvalue weighted by atomic mass is 9.96. The number of hydrogen-bond donors (Lipinski definition) is 0. The summed E-state index contributed by atoms with van der Waals surface area (Å²) in [6.07, 6.45) is 3.01. The van der Waals surface area contributed by atoms with Crippen LogP contribution in [0.15, 0.2) is 11.1 Å². The fourth-order valence-corrected chi connectivity index (χ4v) is 1.77. The Balaban J connectivity index is 2.66. The van der Waals surface area contributed by atoms with Crippen LogP contribution in [0.3, 0.4) is 0 Å². The van der Waals surface area contributed by atoms with E-state index in [2.05, 4.69) is 6.92 Å². The van der Waals surface area contributed by atoms with Gasteiger partial charge in [0.1, 0.15) is 0 Å². The monoisotopic (exact) mass is 212 g/mol. The molecule has 0 saturated carbocycles. The predicted molar refractivity (Wildman–Crippen MR) is 58.6 cm³/mol. The van der Waals surface area contributed by atoms with E-state index in [0.29, 0.717) is 6.61 Å². The third-order valence-electron chi connectivity index (χ3n) is 2.80. The maximum atomic E-state index is 11.5. The van der Waals surface area contributed by atoms with E-state index in [9.17, 15) is 4.79 Å². The van der Waals surface area contributed by atoms with Gasteiger partial charge < -0.3 is 9.47 Å². The molecule has 1 aliphatic heterocycles. The summed E-state index contributed by atoms with van der Waals surface area (Å²) in [6, 6.07) is 0. The highest BCUT2D eigenvalue weighted by Gasteiger charge is 2.20. The van der Waals surface area contributed by atoms with Gasteiger partial charge >= 0.3 is 5.97 Å². The van der Waals surface area contributed by atoms with E-state index >= 15 is 0 Å². The molecule has 0 aromatic carbocycles. The van der Waals surface area contributed by atoms with Crippen LogP contribution in [0.1, 0.15) is 40.0 Å². The van der Waals surface area contributed by atoms with Crippen molar-refractivity contribution in [3.05, 3.63) is 11.1 Å². The summed E-state index contributed by atoms with van der Waals surface area (Å²) in [4.78, 5) is 11.5. The van der Waals surface area contributed by atoms with Crippen molar-refractivity contribution < 1.29 is 14.3 Å². The highest BCUT2D eigenvalue weighted by atomic mass is 16.5. The molecule has 0 spiro atoms. The molecule has 0 bridgehead atoms. The third kappa shape index (κ3) is 3.34. The van der Waals surface area contributed by atoms with E-state index < -0.39 is 0 Å². The first-order valence-electron chi connectivity index (χ1n) is 5.66. The van der Waals surface area contributed by atoms with Gasteiger partial charge in [-0.2, -0.15) is 0 Å². The van der Waals surface area contributed by atoms with Gasteiger partial charge in [-0.15, -0.1) is 0 Å². The molecule has 1 rings (SSSR count). The fourth-order valence-electron chi connectivity index (χ4n) is 1.77. The van der Waals surface area contributed by atoms with Gasteiger partial charge in [0.15, 0.2) is 0 Å². The Hall–Kier alpha value is -0.830. The molecule has 1 atom stereocenters. The van der Waals surface area contributed by atoms with Crippen molar-refractivity contribution in [1.29, 1.82) is 0 Å². The lowest BCUT2D eigenvalue weighted by molar-refractivity contribution is -0.138. The lowest BCUT2D eigenvalue weighted by Gasteiger charge is -2.25. The Morgan fingerprint density at radius 3 is 2.87 bits per heavy atom. The second-order valence-electron chi connectivity index (χ2n) is 3.80. The molecule has 15 heavy (non-hydrogen) atoms. The van der Waals surface area contributed by atoms with E-state index in [4.69, 9.17) is 9.47 Å². The normalized spacial score (nSPS) is 24.9. The summed E-state index contributed by atoms with van der Waals surface area (Å²) in [7, 11) is 0. The molecular weight excluding hydrogens is 192 g/mol. The quantitative estimate of drug-likeness (QED) is 0.532. The molecule has 0 amide bonds. The SMILES string of the molecule is CCOC(=O)C(C)=C1CCOC(CC)C1. The maximum Gasteiger partial charge on any atom is 0.333 e. The number of carbonyl (C=O) groups excluding carboxylic acids is 1. The van der Waals surface area contributed by atoms with Crippen LogP contribution in [0, 0.1) is 0 Å². The Bertz CT molecular complexity index is 256. The Morgan fingerprint density at radius 2 is 2.27 bits per heavy atom. The minimum Gasteiger partial charge on any atom is -0.463 e. The summed E-state index contributed by atoms with van der Waals surface area (Å²) in [5.41, 5.74) is 1.98. The lowest BCUT2D eigenvalue weighted by Crippen LogP contribution is -2.22. The van der Waals surface area contributed by atoms with E-state index in [1.54, 1.807) is 0 Å². The van der Waals surface area contributed by atoms with Gasteiger partial charge in [0.2, 0.25) is 0 Å². The van der Waals surface area contributed by atoms with Crippen molar-refractivity contribution in [3.63, 3.8) is 0 Å². The molecular formula is C12H20O3. The van der Waals surface area contributed by atoms with Crippen molar-refractivity contribution in [2.75, 3.05) is 13.2 Å². The number of esters is 1. The standard InChI is InChI=1S/C12H20O3/c1-4-11-8-10(6-7-15-11)9(3)12(13)14-5-2/h11H,4-8H2,1-3H3. The summed E-state index contributed by atoms with van der Waals surface area (Å²) in [5, 5.41) is 0. The first kappa shape index (κ1) is 12.2. The van der Waals surface area contributed by atoms with Crippen molar-refractivity contribution in [2.45, 2.75) is 46.1 Å². The molecule has 1 saturated heterocycles. The van der Waals surface area contributed by atoms with Crippen LogP contribution in [0.5, 0.6) is 0 Å². The van der Waals surface area contributed by atoms with Crippen LogP contribution in [-0.2, 0) is 14.3 Å². The maximum absolute atomic E-state index is 11.5. The van der Waals surface area contributed by atoms with Crippen molar-refractivity contribution >= 4 is 5.97 Å². The smallest absolute Gasteiger partial charge is 0.333 e. The van der Waals surface area contributed by atoms with Crippen LogP contribution in [0.2, 0.25) is 0 Å². The summed E-state index contributed by atoms with van der Waals surface area (Å²) >= 11 is 0. The average Bonchev–Trinajstić information content (AvgIpc) is 2.28. The number of hydrogen-bond acceptors (Lipinski definition) is 3. The zero-order valence-electron chi connectivity index (χ0n) is 9.84. The molecule has 1 fully saturated rings. The molecule has 1 aliphatic rings. The van der Waals surface area contributed by atoms with Crippen LogP contribution >= 0.6 is 0 Å². The van der Waals surface area contributed by atoms with Crippen molar-refractivity contribution in [2.24, 2.45) is 0 Å². The first-order valence-corrected chi connectivity index (χ1v) is 5.66. The van der Waals surface area contributed by atoms with Gasteiger partial charge in [0, 0.05) is 5.57 Å². The van der Waals surface area contributed by atoms with Crippen LogP contribution < -0.4 is 0 Å². The fraction of sp³-hybridized carbons (Fsp3) is 0.750. The molecule has 0 aromatic heterocycles. The minimum absolute atomic E-state index is 0.177. The van der Waals surface area contributed by atoms with Gasteiger partial charge in [0.25, 0.3) is 0 Å². The summed E-state index contributed by atoms with van der Waals surface area (Å²) < 4.78 is 10.5. The third-order valence-corrected chi connectivity index (χ3v) is 2.80. The molecule has 1 unspecified atom stereocenters. The number of carbonyl (C=O) groups is 1. The molecule has 0 radical (unpaired) electrons. The molecule has 0 N–H and O–H groups in total. The van der Waals surface area contributed by atoms with Crippen LogP contribution in [-0.4, -0.2) is 25.3 Å². The number of ether oxygens (including phenoxy) is 2. The Morgan fingerprint density at radius 1 is 1.53 bits per heavy atom. The van der Waals surface area contributed by atoms with Gasteiger partial charge in [-0.1, -0.05) is 12.5 Å². The van der Waals surface area contributed by atoms with Gasteiger partial charge in [-0.25, -0.2) is 4.79 Å². The van der Waals surface area contributed by atoms with E-state index in [1.165, 1.54) is 5.57 Å². The molecule has 86 valence electrons. The molecule has 0 aliphatic carbocycles. The largest absolute Gasteiger partial charge is 0.463 e. The topological polar surface area (TPSA) is 35.5 Å². The van der Waals surface area contributed by atoms with E-state index in [1.807, 2.05) is 13.8 Å². The number of rotatable bonds is 3. The predicted octanol–water partition coefficient (Wildman–Crippen LogP) is 2.46. The Kier molecular flexibility index (Phi) is 4.82. The molecule has 0 aromatic rings. The Labute approximate surface area is 91.4 Å². The highest BCUT2D eigenvalue weighted by Crippen LogP contribution is 2.24. The minimum atomic E-state index is -0.177. The molecule has 1 heterocycles. The van der Waals surface area contributed by atoms with Gasteiger partial charge in [0.05, 0.1) is 19.3 Å². The van der Waals surface area contributed by atoms with Crippen molar-refractivity contribution in [3.8, 4) is 0 Å². The second kappa shape index (κ2) is 5.91. The zero-order chi connectivity index (χ0) is 11.3. The van der Waals surface area contributed by atoms with Crippen molar-refractivity contribution in [1.82, 2.24) is 0 Å². The van der Waals surface area contributed by atoms with Crippen LogP contribution in [0.4, 0.5) is 0 Å². The van der Waals surface area contributed by atoms with Gasteiger partial charge in [-0.05, 0) is 33.1 Å². The average molecular weight is 212 g/mol. The molecule has 3 heteroatoms.